The van der Waals surface area contributed by atoms with Crippen molar-refractivity contribution < 1.29 is 22.7 Å². The number of ether oxygens (including phenoxy) is 2. The minimum Gasteiger partial charge on any atom is -0.493 e. The Balaban J connectivity index is 1.63. The van der Waals surface area contributed by atoms with Crippen LogP contribution in [-0.4, -0.2) is 34.4 Å². The Morgan fingerprint density at radius 2 is 1.47 bits per heavy atom. The van der Waals surface area contributed by atoms with Gasteiger partial charge in [-0.1, -0.05) is 18.2 Å². The van der Waals surface area contributed by atoms with Gasteiger partial charge in [0.05, 0.1) is 19.1 Å². The Hall–Kier alpha value is -3.52. The number of amides is 1. The average molecular weight is 426 g/mol. The fraction of sp³-hybridized carbons (Fsp3) is 0.136. The highest BCUT2D eigenvalue weighted by Crippen LogP contribution is 2.30. The third kappa shape index (κ3) is 5.09. The molecule has 30 heavy (non-hydrogen) atoms. The summed E-state index contributed by atoms with van der Waals surface area (Å²) in [4.78, 5) is 12.7. The molecule has 3 aromatic carbocycles. The highest BCUT2D eigenvalue weighted by Gasteiger charge is 2.14. The van der Waals surface area contributed by atoms with Crippen molar-refractivity contribution in [2.24, 2.45) is 0 Å². The van der Waals surface area contributed by atoms with Crippen LogP contribution in [0.4, 0.5) is 11.4 Å². The monoisotopic (exact) mass is 426 g/mol. The van der Waals surface area contributed by atoms with Crippen molar-refractivity contribution >= 4 is 27.1 Å². The number of rotatable bonds is 8. The van der Waals surface area contributed by atoms with E-state index in [2.05, 4.69) is 10.6 Å². The Labute approximate surface area is 175 Å². The molecule has 0 bridgehead atoms. The van der Waals surface area contributed by atoms with Gasteiger partial charge in [-0.3, -0.25) is 4.79 Å². The van der Waals surface area contributed by atoms with Crippen molar-refractivity contribution in [3.8, 4) is 11.5 Å². The first kappa shape index (κ1) is 21.2. The summed E-state index contributed by atoms with van der Waals surface area (Å²) in [6, 6.07) is 19.9. The lowest BCUT2D eigenvalue weighted by Gasteiger charge is -2.11. The number of carbonyl (C=O) groups excluding carboxylic acids is 1. The van der Waals surface area contributed by atoms with Gasteiger partial charge >= 0.3 is 0 Å². The smallest absolute Gasteiger partial charge is 0.255 e. The Morgan fingerprint density at radius 3 is 2.10 bits per heavy atom. The molecule has 0 radical (unpaired) electrons. The average Bonchev–Trinajstić information content (AvgIpc) is 2.78. The first-order chi connectivity index (χ1) is 14.4. The first-order valence-electron chi connectivity index (χ1n) is 9.08. The molecule has 0 aliphatic carbocycles. The molecule has 0 unspecified atom stereocenters. The number of carbonyl (C=O) groups is 1. The van der Waals surface area contributed by atoms with Crippen LogP contribution < -0.4 is 20.1 Å². The highest BCUT2D eigenvalue weighted by atomic mass is 32.2. The van der Waals surface area contributed by atoms with Gasteiger partial charge in [-0.25, -0.2) is 8.42 Å². The molecule has 7 nitrogen and oxygen atoms in total. The summed E-state index contributed by atoms with van der Waals surface area (Å²) in [7, 11) is -0.391. The molecule has 3 rings (SSSR count). The zero-order valence-corrected chi connectivity index (χ0v) is 17.4. The number of hydrogen-bond donors (Lipinski definition) is 2. The Bertz CT molecular complexity index is 1110. The molecule has 2 N–H and O–H groups in total. The molecule has 0 aromatic heterocycles. The number of benzene rings is 3. The quantitative estimate of drug-likeness (QED) is 0.569. The van der Waals surface area contributed by atoms with E-state index in [4.69, 9.17) is 9.47 Å². The summed E-state index contributed by atoms with van der Waals surface area (Å²) >= 11 is 0. The predicted molar refractivity (Wildman–Crippen MR) is 116 cm³/mol. The maximum Gasteiger partial charge on any atom is 0.255 e. The fourth-order valence-corrected chi connectivity index (χ4v) is 3.84. The molecular formula is C22H22N2O5S. The molecule has 0 atom stereocenters. The molecule has 1 amide bonds. The summed E-state index contributed by atoms with van der Waals surface area (Å²) in [6.45, 7) is 0. The third-order valence-corrected chi connectivity index (χ3v) is 5.87. The normalized spacial score (nSPS) is 10.9. The molecule has 0 aliphatic heterocycles. The molecule has 0 spiro atoms. The SMILES string of the molecule is COc1ccc(NC(=O)c2ccc(NCS(=O)(=O)c3ccccc3)cc2)cc1OC. The van der Waals surface area contributed by atoms with Gasteiger partial charge in [0.2, 0.25) is 0 Å². The van der Waals surface area contributed by atoms with E-state index in [0.717, 1.165) is 0 Å². The molecule has 0 heterocycles. The van der Waals surface area contributed by atoms with E-state index in [1.54, 1.807) is 72.8 Å². The second-order valence-corrected chi connectivity index (χ2v) is 8.34. The summed E-state index contributed by atoms with van der Waals surface area (Å²) in [5.41, 5.74) is 1.59. The van der Waals surface area contributed by atoms with Crippen LogP contribution in [0.15, 0.2) is 77.7 Å². The number of hydrogen-bond acceptors (Lipinski definition) is 6. The second-order valence-electron chi connectivity index (χ2n) is 6.35. The first-order valence-corrected chi connectivity index (χ1v) is 10.7. The number of sulfone groups is 1. The van der Waals surface area contributed by atoms with Crippen molar-refractivity contribution in [2.75, 3.05) is 30.7 Å². The van der Waals surface area contributed by atoms with E-state index in [1.807, 2.05) is 0 Å². The number of nitrogens with one attached hydrogen (secondary N) is 2. The van der Waals surface area contributed by atoms with Crippen molar-refractivity contribution in [1.82, 2.24) is 0 Å². The summed E-state index contributed by atoms with van der Waals surface area (Å²) in [6.07, 6.45) is 0. The molecule has 156 valence electrons. The molecule has 0 saturated heterocycles. The van der Waals surface area contributed by atoms with Crippen LogP contribution in [0.2, 0.25) is 0 Å². The molecule has 3 aromatic rings. The largest absolute Gasteiger partial charge is 0.493 e. The van der Waals surface area contributed by atoms with Gasteiger partial charge < -0.3 is 20.1 Å². The van der Waals surface area contributed by atoms with E-state index < -0.39 is 9.84 Å². The van der Waals surface area contributed by atoms with Crippen molar-refractivity contribution in [1.29, 1.82) is 0 Å². The van der Waals surface area contributed by atoms with Gasteiger partial charge in [0, 0.05) is 23.0 Å². The van der Waals surface area contributed by atoms with E-state index >= 15 is 0 Å². The zero-order chi connectivity index (χ0) is 21.6. The van der Waals surface area contributed by atoms with Crippen molar-refractivity contribution in [3.05, 3.63) is 78.4 Å². The Kier molecular flexibility index (Phi) is 6.58. The fourth-order valence-electron chi connectivity index (χ4n) is 2.75. The van der Waals surface area contributed by atoms with Crippen LogP contribution in [0, 0.1) is 0 Å². The zero-order valence-electron chi connectivity index (χ0n) is 16.6. The van der Waals surface area contributed by atoms with Crippen LogP contribution in [0.3, 0.4) is 0 Å². The van der Waals surface area contributed by atoms with E-state index in [1.165, 1.54) is 14.2 Å². The van der Waals surface area contributed by atoms with Gasteiger partial charge in [0.1, 0.15) is 5.88 Å². The van der Waals surface area contributed by atoms with Crippen LogP contribution in [0.25, 0.3) is 0 Å². The van der Waals surface area contributed by atoms with Crippen LogP contribution in [0.1, 0.15) is 10.4 Å². The minimum atomic E-state index is -3.45. The van der Waals surface area contributed by atoms with E-state index in [0.29, 0.717) is 28.4 Å². The van der Waals surface area contributed by atoms with E-state index in [-0.39, 0.29) is 16.7 Å². The lowest BCUT2D eigenvalue weighted by atomic mass is 10.2. The topological polar surface area (TPSA) is 93.7 Å². The van der Waals surface area contributed by atoms with Gasteiger partial charge in [0.15, 0.2) is 21.3 Å². The summed E-state index contributed by atoms with van der Waals surface area (Å²) < 4.78 is 35.1. The molecule has 0 saturated carbocycles. The predicted octanol–water partition coefficient (Wildman–Crippen LogP) is 3.80. The maximum atomic E-state index is 12.5. The molecule has 8 heteroatoms. The maximum absolute atomic E-state index is 12.5. The lowest BCUT2D eigenvalue weighted by molar-refractivity contribution is 0.102. The highest BCUT2D eigenvalue weighted by molar-refractivity contribution is 7.91. The number of anilines is 2. The second kappa shape index (κ2) is 9.32. The van der Waals surface area contributed by atoms with Gasteiger partial charge in [-0.15, -0.1) is 0 Å². The van der Waals surface area contributed by atoms with Crippen LogP contribution in [0.5, 0.6) is 11.5 Å². The molecular weight excluding hydrogens is 404 g/mol. The van der Waals surface area contributed by atoms with Gasteiger partial charge in [-0.2, -0.15) is 0 Å². The van der Waals surface area contributed by atoms with Crippen LogP contribution in [-0.2, 0) is 9.84 Å². The van der Waals surface area contributed by atoms with Crippen molar-refractivity contribution in [3.63, 3.8) is 0 Å². The standard InChI is InChI=1S/C22H22N2O5S/c1-28-20-13-12-18(14-21(20)29-2)24-22(25)16-8-10-17(11-9-16)23-15-30(26,27)19-6-4-3-5-7-19/h3-14,23H,15H2,1-2H3,(H,24,25). The van der Waals surface area contributed by atoms with E-state index in [9.17, 15) is 13.2 Å². The van der Waals surface area contributed by atoms with Crippen molar-refractivity contribution in [2.45, 2.75) is 4.90 Å². The number of methoxy groups -OCH3 is 2. The minimum absolute atomic E-state index is 0.242. The van der Waals surface area contributed by atoms with Gasteiger partial charge in [-0.05, 0) is 48.5 Å². The summed E-state index contributed by atoms with van der Waals surface area (Å²) in [5.74, 6) is 0.533. The third-order valence-electron chi connectivity index (χ3n) is 4.36. The van der Waals surface area contributed by atoms with Crippen LogP contribution >= 0.6 is 0 Å². The molecule has 0 aliphatic rings. The lowest BCUT2D eigenvalue weighted by Crippen LogP contribution is -2.15. The molecule has 0 fully saturated rings. The van der Waals surface area contributed by atoms with Gasteiger partial charge in [0.25, 0.3) is 5.91 Å². The Morgan fingerprint density at radius 1 is 0.833 bits per heavy atom. The summed E-state index contributed by atoms with van der Waals surface area (Å²) in [5, 5.41) is 5.67.